The zero-order valence-corrected chi connectivity index (χ0v) is 11.6. The Kier molecular flexibility index (Phi) is 6.09. The predicted octanol–water partition coefficient (Wildman–Crippen LogP) is 1.90. The van der Waals surface area contributed by atoms with Crippen LogP contribution in [-0.2, 0) is 4.79 Å². The molecule has 0 aliphatic rings. The number of hydrogen-bond donors (Lipinski definition) is 2. The lowest BCUT2D eigenvalue weighted by molar-refractivity contribution is -0.116. The standard InChI is InChI=1S/C15H21NO3/c1-11-4-6-14(19-3)13(10-11)5-7-15(18)16-9-8-12(2)17/h4-7,10,12,17H,8-9H2,1-3H3,(H,16,18). The van der Waals surface area contributed by atoms with Gasteiger partial charge in [-0.1, -0.05) is 11.6 Å². The monoisotopic (exact) mass is 263 g/mol. The van der Waals surface area contributed by atoms with Gasteiger partial charge in [-0.05, 0) is 38.5 Å². The number of carbonyl (C=O) groups is 1. The van der Waals surface area contributed by atoms with E-state index in [0.29, 0.717) is 13.0 Å². The second-order valence-electron chi connectivity index (χ2n) is 4.51. The number of aliphatic hydroxyl groups is 1. The molecule has 0 bridgehead atoms. The quantitative estimate of drug-likeness (QED) is 0.771. The molecule has 1 atom stereocenters. The molecular formula is C15H21NO3. The second-order valence-corrected chi connectivity index (χ2v) is 4.51. The molecule has 0 heterocycles. The molecule has 0 radical (unpaired) electrons. The average Bonchev–Trinajstić information content (AvgIpc) is 2.36. The van der Waals surface area contributed by atoms with Gasteiger partial charge in [0.15, 0.2) is 0 Å². The highest BCUT2D eigenvalue weighted by Gasteiger charge is 2.01. The molecule has 0 aromatic heterocycles. The van der Waals surface area contributed by atoms with Crippen LogP contribution in [-0.4, -0.2) is 30.8 Å². The van der Waals surface area contributed by atoms with Gasteiger partial charge in [-0.15, -0.1) is 0 Å². The van der Waals surface area contributed by atoms with Crippen LogP contribution >= 0.6 is 0 Å². The zero-order chi connectivity index (χ0) is 14.3. The number of benzene rings is 1. The van der Waals surface area contributed by atoms with Crippen molar-refractivity contribution in [3.05, 3.63) is 35.4 Å². The van der Waals surface area contributed by atoms with Crippen LogP contribution in [0.25, 0.3) is 6.08 Å². The number of rotatable bonds is 6. The van der Waals surface area contributed by atoms with Crippen LogP contribution in [0.5, 0.6) is 5.75 Å². The van der Waals surface area contributed by atoms with E-state index in [9.17, 15) is 4.79 Å². The fraction of sp³-hybridized carbons (Fsp3) is 0.400. The van der Waals surface area contributed by atoms with Crippen molar-refractivity contribution in [2.24, 2.45) is 0 Å². The van der Waals surface area contributed by atoms with Gasteiger partial charge in [0.1, 0.15) is 5.75 Å². The first-order valence-corrected chi connectivity index (χ1v) is 6.31. The minimum Gasteiger partial charge on any atom is -0.496 e. The summed E-state index contributed by atoms with van der Waals surface area (Å²) >= 11 is 0. The smallest absolute Gasteiger partial charge is 0.244 e. The Bertz CT molecular complexity index is 453. The molecule has 1 aromatic rings. The van der Waals surface area contributed by atoms with Gasteiger partial charge in [0.05, 0.1) is 13.2 Å². The summed E-state index contributed by atoms with van der Waals surface area (Å²) in [7, 11) is 1.60. The Labute approximate surface area is 114 Å². The lowest BCUT2D eigenvalue weighted by atomic mass is 10.1. The zero-order valence-electron chi connectivity index (χ0n) is 11.6. The van der Waals surface area contributed by atoms with Crippen molar-refractivity contribution in [3.63, 3.8) is 0 Å². The Morgan fingerprint density at radius 3 is 2.89 bits per heavy atom. The summed E-state index contributed by atoms with van der Waals surface area (Å²) in [5, 5.41) is 11.8. The summed E-state index contributed by atoms with van der Waals surface area (Å²) in [5.74, 6) is 0.558. The lowest BCUT2D eigenvalue weighted by Crippen LogP contribution is -2.24. The van der Waals surface area contributed by atoms with Crippen LogP contribution in [0.4, 0.5) is 0 Å². The number of ether oxygens (including phenoxy) is 1. The molecule has 19 heavy (non-hydrogen) atoms. The van der Waals surface area contributed by atoms with Crippen molar-refractivity contribution < 1.29 is 14.6 Å². The highest BCUT2D eigenvalue weighted by Crippen LogP contribution is 2.20. The number of hydrogen-bond acceptors (Lipinski definition) is 3. The molecule has 1 unspecified atom stereocenters. The minimum atomic E-state index is -0.402. The fourth-order valence-corrected chi connectivity index (χ4v) is 1.61. The molecule has 0 aliphatic carbocycles. The first kappa shape index (κ1) is 15.2. The Hall–Kier alpha value is -1.81. The van der Waals surface area contributed by atoms with Crippen LogP contribution < -0.4 is 10.1 Å². The molecule has 0 fully saturated rings. The molecule has 1 rings (SSSR count). The third kappa shape index (κ3) is 5.57. The molecule has 0 aliphatic heterocycles. The molecule has 4 heteroatoms. The maximum atomic E-state index is 11.6. The number of aryl methyl sites for hydroxylation is 1. The van der Waals surface area contributed by atoms with Crippen LogP contribution in [0.1, 0.15) is 24.5 Å². The van der Waals surface area contributed by atoms with Crippen LogP contribution in [0.3, 0.4) is 0 Å². The van der Waals surface area contributed by atoms with Crippen molar-refractivity contribution in [2.45, 2.75) is 26.4 Å². The fourth-order valence-electron chi connectivity index (χ4n) is 1.61. The van der Waals surface area contributed by atoms with E-state index in [1.165, 1.54) is 6.08 Å². The maximum Gasteiger partial charge on any atom is 0.244 e. The highest BCUT2D eigenvalue weighted by molar-refractivity contribution is 5.92. The van der Waals surface area contributed by atoms with Gasteiger partial charge >= 0.3 is 0 Å². The summed E-state index contributed by atoms with van der Waals surface area (Å²) in [6.07, 6.45) is 3.34. The van der Waals surface area contributed by atoms with Crippen LogP contribution in [0.15, 0.2) is 24.3 Å². The highest BCUT2D eigenvalue weighted by atomic mass is 16.5. The SMILES string of the molecule is COc1ccc(C)cc1C=CC(=O)NCCC(C)O. The van der Waals surface area contributed by atoms with Crippen LogP contribution in [0, 0.1) is 6.92 Å². The third-order valence-electron chi connectivity index (χ3n) is 2.66. The van der Waals surface area contributed by atoms with Crippen molar-refractivity contribution in [2.75, 3.05) is 13.7 Å². The molecule has 104 valence electrons. The Morgan fingerprint density at radius 1 is 1.53 bits per heavy atom. The maximum absolute atomic E-state index is 11.6. The molecule has 4 nitrogen and oxygen atoms in total. The lowest BCUT2D eigenvalue weighted by Gasteiger charge is -2.06. The molecule has 0 saturated carbocycles. The van der Waals surface area contributed by atoms with Gasteiger partial charge in [-0.2, -0.15) is 0 Å². The van der Waals surface area contributed by atoms with E-state index >= 15 is 0 Å². The van der Waals surface area contributed by atoms with E-state index in [2.05, 4.69) is 5.32 Å². The number of methoxy groups -OCH3 is 1. The topological polar surface area (TPSA) is 58.6 Å². The minimum absolute atomic E-state index is 0.177. The largest absolute Gasteiger partial charge is 0.496 e. The molecule has 1 aromatic carbocycles. The van der Waals surface area contributed by atoms with E-state index in [0.717, 1.165) is 16.9 Å². The van der Waals surface area contributed by atoms with Gasteiger partial charge in [-0.25, -0.2) is 0 Å². The first-order chi connectivity index (χ1) is 9.02. The summed E-state index contributed by atoms with van der Waals surface area (Å²) in [6, 6.07) is 5.79. The number of amides is 1. The van der Waals surface area contributed by atoms with Gasteiger partial charge in [0.2, 0.25) is 5.91 Å². The molecule has 0 saturated heterocycles. The Morgan fingerprint density at radius 2 is 2.26 bits per heavy atom. The van der Waals surface area contributed by atoms with E-state index in [1.54, 1.807) is 20.1 Å². The molecule has 1 amide bonds. The van der Waals surface area contributed by atoms with Crippen molar-refractivity contribution in [3.8, 4) is 5.75 Å². The Balaban J connectivity index is 2.60. The summed E-state index contributed by atoms with van der Waals surface area (Å²) in [6.45, 7) is 4.14. The molecule has 2 N–H and O–H groups in total. The predicted molar refractivity (Wildman–Crippen MR) is 76.1 cm³/mol. The van der Waals surface area contributed by atoms with Crippen LogP contribution in [0.2, 0.25) is 0 Å². The van der Waals surface area contributed by atoms with E-state index in [4.69, 9.17) is 9.84 Å². The van der Waals surface area contributed by atoms with E-state index in [1.807, 2.05) is 25.1 Å². The number of nitrogens with one attached hydrogen (secondary N) is 1. The second kappa shape index (κ2) is 7.59. The van der Waals surface area contributed by atoms with Gasteiger partial charge in [0.25, 0.3) is 0 Å². The first-order valence-electron chi connectivity index (χ1n) is 6.31. The van der Waals surface area contributed by atoms with E-state index in [-0.39, 0.29) is 5.91 Å². The number of carbonyl (C=O) groups excluding carboxylic acids is 1. The summed E-state index contributed by atoms with van der Waals surface area (Å²) in [4.78, 5) is 11.6. The van der Waals surface area contributed by atoms with Gasteiger partial charge in [0, 0.05) is 18.2 Å². The van der Waals surface area contributed by atoms with Crippen molar-refractivity contribution in [1.29, 1.82) is 0 Å². The summed E-state index contributed by atoms with van der Waals surface area (Å²) < 4.78 is 5.23. The summed E-state index contributed by atoms with van der Waals surface area (Å²) in [5.41, 5.74) is 1.98. The number of aliphatic hydroxyl groups excluding tert-OH is 1. The molecular weight excluding hydrogens is 242 g/mol. The van der Waals surface area contributed by atoms with Crippen molar-refractivity contribution in [1.82, 2.24) is 5.32 Å². The third-order valence-corrected chi connectivity index (χ3v) is 2.66. The van der Waals surface area contributed by atoms with Crippen molar-refractivity contribution >= 4 is 12.0 Å². The van der Waals surface area contributed by atoms with E-state index < -0.39 is 6.10 Å². The van der Waals surface area contributed by atoms with Gasteiger partial charge < -0.3 is 15.2 Å². The van der Waals surface area contributed by atoms with Gasteiger partial charge in [-0.3, -0.25) is 4.79 Å². The average molecular weight is 263 g/mol. The molecule has 0 spiro atoms. The normalized spacial score (nSPS) is 12.4.